The molecule has 2 fully saturated rings. The van der Waals surface area contributed by atoms with Gasteiger partial charge in [0, 0.05) is 29.7 Å². The largest absolute Gasteiger partial charge is 0.353 e. The molecule has 4 nitrogen and oxygen atoms in total. The molecule has 1 aliphatic heterocycles. The second-order valence-electron chi connectivity index (χ2n) is 5.87. The highest BCUT2D eigenvalue weighted by Crippen LogP contribution is 2.27. The van der Waals surface area contributed by atoms with Crippen LogP contribution in [0.15, 0.2) is 24.3 Å². The molecule has 5 heteroatoms. The van der Waals surface area contributed by atoms with Crippen LogP contribution in [0.25, 0.3) is 0 Å². The Morgan fingerprint density at radius 3 is 2.52 bits per heavy atom. The fourth-order valence-electron chi connectivity index (χ4n) is 3.14. The summed E-state index contributed by atoms with van der Waals surface area (Å²) in [5.74, 6) is -0.218. The molecule has 21 heavy (non-hydrogen) atoms. The average molecular weight is 307 g/mol. The summed E-state index contributed by atoms with van der Waals surface area (Å²) in [5, 5.41) is 3.72. The molecule has 1 N–H and O–H groups in total. The van der Waals surface area contributed by atoms with E-state index in [1.54, 1.807) is 17.0 Å². The fraction of sp³-hybridized carbons (Fsp3) is 0.500. The van der Waals surface area contributed by atoms with Crippen LogP contribution in [-0.4, -0.2) is 24.4 Å². The lowest BCUT2D eigenvalue weighted by molar-refractivity contribution is -0.126. The highest BCUT2D eigenvalue weighted by molar-refractivity contribution is 6.30. The predicted octanol–water partition coefficient (Wildman–Crippen LogP) is 2.75. The molecule has 1 aliphatic carbocycles. The highest BCUT2D eigenvalue weighted by Gasteiger charge is 2.35. The van der Waals surface area contributed by atoms with E-state index >= 15 is 0 Å². The van der Waals surface area contributed by atoms with Crippen LogP contribution in [0.2, 0.25) is 5.02 Å². The predicted molar refractivity (Wildman–Crippen MR) is 82.3 cm³/mol. The molecule has 1 aromatic rings. The van der Waals surface area contributed by atoms with Gasteiger partial charge in [0.15, 0.2) is 0 Å². The molecule has 1 saturated heterocycles. The van der Waals surface area contributed by atoms with Crippen molar-refractivity contribution in [3.63, 3.8) is 0 Å². The lowest BCUT2D eigenvalue weighted by Crippen LogP contribution is -2.38. The summed E-state index contributed by atoms with van der Waals surface area (Å²) in [7, 11) is 0. The summed E-state index contributed by atoms with van der Waals surface area (Å²) in [6.07, 6.45) is 4.79. The maximum absolute atomic E-state index is 12.3. The van der Waals surface area contributed by atoms with Gasteiger partial charge in [0.2, 0.25) is 11.8 Å². The SMILES string of the molecule is O=C(NC1CCCC1)[C@@H]1CC(=O)N(c2ccc(Cl)cc2)C1. The Morgan fingerprint density at radius 1 is 1.19 bits per heavy atom. The van der Waals surface area contributed by atoms with Gasteiger partial charge in [0.1, 0.15) is 0 Å². The maximum Gasteiger partial charge on any atom is 0.227 e. The van der Waals surface area contributed by atoms with Gasteiger partial charge < -0.3 is 10.2 Å². The van der Waals surface area contributed by atoms with Crippen molar-refractivity contribution in [1.29, 1.82) is 0 Å². The fourth-order valence-corrected chi connectivity index (χ4v) is 3.27. The Bertz CT molecular complexity index is 538. The third-order valence-corrected chi connectivity index (χ3v) is 4.59. The van der Waals surface area contributed by atoms with Crippen LogP contribution >= 0.6 is 11.6 Å². The Labute approximate surface area is 129 Å². The van der Waals surface area contributed by atoms with E-state index in [-0.39, 0.29) is 17.7 Å². The van der Waals surface area contributed by atoms with Crippen molar-refractivity contribution in [2.75, 3.05) is 11.4 Å². The minimum Gasteiger partial charge on any atom is -0.353 e. The van der Waals surface area contributed by atoms with Gasteiger partial charge in [-0.3, -0.25) is 9.59 Å². The van der Waals surface area contributed by atoms with Crippen LogP contribution in [0, 0.1) is 5.92 Å². The van der Waals surface area contributed by atoms with E-state index in [0.717, 1.165) is 18.5 Å². The third-order valence-electron chi connectivity index (χ3n) is 4.34. The molecule has 1 aromatic carbocycles. The van der Waals surface area contributed by atoms with Crippen LogP contribution in [0.3, 0.4) is 0 Å². The van der Waals surface area contributed by atoms with Crippen molar-refractivity contribution < 1.29 is 9.59 Å². The van der Waals surface area contributed by atoms with E-state index in [0.29, 0.717) is 24.0 Å². The van der Waals surface area contributed by atoms with Crippen molar-refractivity contribution in [2.24, 2.45) is 5.92 Å². The minimum absolute atomic E-state index is 0.00361. The average Bonchev–Trinajstić information content (AvgIpc) is 3.09. The van der Waals surface area contributed by atoms with Crippen molar-refractivity contribution in [3.05, 3.63) is 29.3 Å². The molecule has 2 aliphatic rings. The zero-order chi connectivity index (χ0) is 14.8. The van der Waals surface area contributed by atoms with Crippen LogP contribution < -0.4 is 10.2 Å². The first-order valence-electron chi connectivity index (χ1n) is 7.50. The molecule has 0 bridgehead atoms. The quantitative estimate of drug-likeness (QED) is 0.933. The van der Waals surface area contributed by atoms with Crippen LogP contribution in [0.4, 0.5) is 5.69 Å². The number of hydrogen-bond acceptors (Lipinski definition) is 2. The molecule has 0 aromatic heterocycles. The number of anilines is 1. The summed E-state index contributed by atoms with van der Waals surface area (Å²) >= 11 is 5.86. The molecule has 1 saturated carbocycles. The number of amides is 2. The van der Waals surface area contributed by atoms with Gasteiger partial charge in [-0.05, 0) is 37.1 Å². The van der Waals surface area contributed by atoms with E-state index in [2.05, 4.69) is 5.32 Å². The van der Waals surface area contributed by atoms with E-state index in [1.807, 2.05) is 12.1 Å². The molecule has 0 radical (unpaired) electrons. The highest BCUT2D eigenvalue weighted by atomic mass is 35.5. The molecule has 0 unspecified atom stereocenters. The Hall–Kier alpha value is -1.55. The zero-order valence-corrected chi connectivity index (χ0v) is 12.6. The number of halogens is 1. The standard InChI is InChI=1S/C16H19ClN2O2/c17-12-5-7-14(8-6-12)19-10-11(9-15(19)20)16(21)18-13-3-1-2-4-13/h5-8,11,13H,1-4,9-10H2,(H,18,21)/t11-/m1/s1. The summed E-state index contributed by atoms with van der Waals surface area (Å²) in [6.45, 7) is 0.457. The second kappa shape index (κ2) is 6.06. The smallest absolute Gasteiger partial charge is 0.227 e. The molecule has 1 heterocycles. The summed E-state index contributed by atoms with van der Waals surface area (Å²) in [5.41, 5.74) is 0.806. The Morgan fingerprint density at radius 2 is 1.86 bits per heavy atom. The normalized spacial score (nSPS) is 22.8. The summed E-state index contributed by atoms with van der Waals surface area (Å²) < 4.78 is 0. The monoisotopic (exact) mass is 306 g/mol. The molecular weight excluding hydrogens is 288 g/mol. The molecular formula is C16H19ClN2O2. The van der Waals surface area contributed by atoms with Gasteiger partial charge in [-0.1, -0.05) is 24.4 Å². The maximum atomic E-state index is 12.3. The van der Waals surface area contributed by atoms with Gasteiger partial charge in [-0.25, -0.2) is 0 Å². The zero-order valence-electron chi connectivity index (χ0n) is 11.8. The van der Waals surface area contributed by atoms with Crippen molar-refractivity contribution in [1.82, 2.24) is 5.32 Å². The van der Waals surface area contributed by atoms with Crippen LogP contribution in [-0.2, 0) is 9.59 Å². The number of nitrogens with one attached hydrogen (secondary N) is 1. The first-order valence-corrected chi connectivity index (χ1v) is 7.87. The van der Waals surface area contributed by atoms with Crippen molar-refractivity contribution in [2.45, 2.75) is 38.1 Å². The summed E-state index contributed by atoms with van der Waals surface area (Å²) in [6, 6.07) is 7.46. The number of nitrogens with zero attached hydrogens (tertiary/aromatic N) is 1. The number of carbonyl (C=O) groups is 2. The molecule has 2 amide bonds. The van der Waals surface area contributed by atoms with Gasteiger partial charge in [0.25, 0.3) is 0 Å². The van der Waals surface area contributed by atoms with Gasteiger partial charge >= 0.3 is 0 Å². The van der Waals surface area contributed by atoms with Crippen LogP contribution in [0.1, 0.15) is 32.1 Å². The molecule has 3 rings (SSSR count). The number of carbonyl (C=O) groups excluding carboxylic acids is 2. The van der Waals surface area contributed by atoms with Gasteiger partial charge in [0.05, 0.1) is 5.92 Å². The van der Waals surface area contributed by atoms with Gasteiger partial charge in [-0.15, -0.1) is 0 Å². The first kappa shape index (κ1) is 14.4. The lowest BCUT2D eigenvalue weighted by atomic mass is 10.1. The van der Waals surface area contributed by atoms with Crippen molar-refractivity contribution in [3.8, 4) is 0 Å². The number of rotatable bonds is 3. The minimum atomic E-state index is -0.242. The van der Waals surface area contributed by atoms with Crippen LogP contribution in [0.5, 0.6) is 0 Å². The number of benzene rings is 1. The third kappa shape index (κ3) is 3.21. The van der Waals surface area contributed by atoms with E-state index in [4.69, 9.17) is 11.6 Å². The summed E-state index contributed by atoms with van der Waals surface area (Å²) in [4.78, 5) is 26.1. The van der Waals surface area contributed by atoms with E-state index < -0.39 is 0 Å². The Kier molecular flexibility index (Phi) is 4.15. The first-order chi connectivity index (χ1) is 10.1. The molecule has 112 valence electrons. The topological polar surface area (TPSA) is 49.4 Å². The number of hydrogen-bond donors (Lipinski definition) is 1. The van der Waals surface area contributed by atoms with Crippen molar-refractivity contribution >= 4 is 29.1 Å². The second-order valence-corrected chi connectivity index (χ2v) is 6.31. The molecule has 0 spiro atoms. The van der Waals surface area contributed by atoms with Gasteiger partial charge in [-0.2, -0.15) is 0 Å². The lowest BCUT2D eigenvalue weighted by Gasteiger charge is -2.18. The van der Waals surface area contributed by atoms with E-state index in [1.165, 1.54) is 12.8 Å². The van der Waals surface area contributed by atoms with E-state index in [9.17, 15) is 9.59 Å². The Balaban J connectivity index is 1.63. The molecule has 1 atom stereocenters.